The molecule has 40 heteroatoms. The van der Waals surface area contributed by atoms with Crippen LogP contribution in [0.25, 0.3) is 0 Å². The molecule has 0 bridgehead atoms. The summed E-state index contributed by atoms with van der Waals surface area (Å²) < 4.78 is 0. The van der Waals surface area contributed by atoms with Gasteiger partial charge in [0.25, 0.3) is 0 Å². The van der Waals surface area contributed by atoms with Gasteiger partial charge in [0.05, 0.1) is 0 Å². The van der Waals surface area contributed by atoms with Crippen molar-refractivity contribution in [2.75, 3.05) is 0 Å². The summed E-state index contributed by atoms with van der Waals surface area (Å²) in [6.07, 6.45) is -16.3. The fourth-order valence-corrected chi connectivity index (χ4v) is 0. The normalized spacial score (nSPS) is 3.57. The molecule has 0 unspecified atom stereocenters. The van der Waals surface area contributed by atoms with Gasteiger partial charge in [0.1, 0.15) is 0 Å². The molecule has 0 aliphatic carbocycles. The molecule has 0 aliphatic rings. The summed E-state index contributed by atoms with van der Waals surface area (Å²) in [4.78, 5) is 58.3. The van der Waals surface area contributed by atoms with E-state index < -0.39 is 43.1 Å². The van der Waals surface area contributed by atoms with Crippen LogP contribution in [-0.4, -0.2) is 408 Å². The second-order valence-electron chi connectivity index (χ2n) is 1.75. The quantitative estimate of drug-likeness (QED) is 0.203. The van der Waals surface area contributed by atoms with E-state index in [1.54, 1.807) is 0 Å². The van der Waals surface area contributed by atoms with Crippen LogP contribution in [0.5, 0.6) is 0 Å². The van der Waals surface area contributed by atoms with Gasteiger partial charge in [-0.2, -0.15) is 0 Å². The Morgan fingerprint density at radius 2 is 0.213 bits per heavy atom. The van der Waals surface area contributed by atoms with Crippen LogP contribution in [-0.2, 0) is 38.3 Å². The minimum absolute atomic E-state index is 0. The smallest absolute Gasteiger partial charge is 2.00 e. The van der Waals surface area contributed by atoms with Crippen molar-refractivity contribution in [3.63, 3.8) is 0 Å². The Labute approximate surface area is 538 Å². The van der Waals surface area contributed by atoms with Crippen LogP contribution in [0, 0.1) is 0 Å². The van der Waals surface area contributed by atoms with Crippen molar-refractivity contribution in [2.24, 2.45) is 0 Å². The fourth-order valence-electron chi connectivity index (χ4n) is 0. The SMILES string of the molecule is O=C([O-])[O-].O=C([O-])[O-].O=C([O-])[O-].O=C([O-])[O-].O=C([O-])[O-].O=C([O-])[O-].O=C([O-])[O-].[Bi+3].[Bi+3].[Bi+3].[Bi+3].[Ca+2].[Ca+2].[Ca+2].[Ca+2].[O-2].[O-2].[O-2].[O-2].[O-2].[O-2].[O-2].[Pb+2].[Pb+2].[Pb+2].[Pb+2]. The topological polar surface area (TPSA) is 642 Å². The average Bonchev–Trinajstić information content (AvgIpc) is 2.20. The molecule has 0 fully saturated rings. The molecule has 0 rings (SSSR count). The number of rotatable bonds is 0. The third kappa shape index (κ3) is 2900. The third-order valence-corrected chi connectivity index (χ3v) is 0. The zero-order valence-electron chi connectivity index (χ0n) is 21.5. The molecule has 0 aromatic rings. The predicted molar refractivity (Wildman–Crippen MR) is 112 cm³/mol. The van der Waals surface area contributed by atoms with Crippen LogP contribution in [0.1, 0.15) is 0 Å². The Balaban J connectivity index is -0.00000000427. The van der Waals surface area contributed by atoms with Crippen molar-refractivity contribution >= 4 is 408 Å². The molecule has 240 valence electrons. The van der Waals surface area contributed by atoms with Crippen molar-refractivity contribution < 1.29 is 143 Å². The van der Waals surface area contributed by atoms with Crippen molar-refractivity contribution in [1.82, 2.24) is 0 Å². The maximum absolute atomic E-state index is 8.33. The fraction of sp³-hybridized carbons (Fsp3) is 0. The van der Waals surface area contributed by atoms with Gasteiger partial charge in [-0.3, -0.25) is 0 Å². The van der Waals surface area contributed by atoms with Crippen LogP contribution >= 0.6 is 0 Å². The number of hydrogen-bond acceptors (Lipinski definition) is 21. The van der Waals surface area contributed by atoms with E-state index in [1.807, 2.05) is 0 Å². The van der Waals surface area contributed by atoms with Gasteiger partial charge in [0, 0.05) is 0 Å². The number of carbonyl (C=O) groups excluding carboxylic acids is 7. The minimum Gasteiger partial charge on any atom is -2.00 e. The van der Waals surface area contributed by atoms with Crippen LogP contribution in [0.3, 0.4) is 0 Å². The van der Waals surface area contributed by atoms with E-state index in [0.717, 1.165) is 0 Å². The van der Waals surface area contributed by atoms with E-state index in [4.69, 9.17) is 105 Å². The van der Waals surface area contributed by atoms with E-state index in [-0.39, 0.29) is 403 Å². The molecular formula is C7Bi4Ca4O28Pb4. The minimum atomic E-state index is -2.33. The first-order valence-electron chi connectivity index (χ1n) is 4.29. The Hall–Kier alpha value is 6.87. The molecule has 16 radical (unpaired) electrons. The summed E-state index contributed by atoms with van der Waals surface area (Å²) in [5.74, 6) is 0. The summed E-state index contributed by atoms with van der Waals surface area (Å²) >= 11 is 0. The van der Waals surface area contributed by atoms with E-state index in [2.05, 4.69) is 0 Å². The standard InChI is InChI=1S/7CH2O3.4Bi.4Ca.7O.4Pb/c7*2-1(3)4;;;;;;;;;;;;;;;;;;;/h7*(H2,2,3,4);;;;;;;;;;;;;;;;;;;/q;;;;;;;4*+3;4*+2;7*-2;4*+2/p-14. The maximum atomic E-state index is 8.33. The molecule has 0 aromatic heterocycles. The second-order valence-corrected chi connectivity index (χ2v) is 1.75. The molecule has 47 heavy (non-hydrogen) atoms. The molecule has 28 nitrogen and oxygen atoms in total. The van der Waals surface area contributed by atoms with Gasteiger partial charge in [-0.05, 0) is 43.1 Å². The molecular weight excluding hydrogens is 2360 g/mol. The zero-order valence-corrected chi connectivity index (χ0v) is 59.8. The third-order valence-electron chi connectivity index (χ3n) is 0. The zero-order chi connectivity index (χ0) is 25.0. The number of carboxylic acid groups (broad SMARTS) is 14. The molecule has 0 spiro atoms. The van der Waals surface area contributed by atoms with Gasteiger partial charge < -0.3 is 143 Å². The van der Waals surface area contributed by atoms with Crippen LogP contribution in [0.4, 0.5) is 33.6 Å². The first-order valence-corrected chi connectivity index (χ1v) is 4.29. The Kier molecular flexibility index (Phi) is 755. The van der Waals surface area contributed by atoms with Crippen LogP contribution in [0.15, 0.2) is 0 Å². The van der Waals surface area contributed by atoms with E-state index in [9.17, 15) is 0 Å². The Morgan fingerprint density at radius 1 is 0.213 bits per heavy atom. The molecule has 0 N–H and O–H groups in total. The molecule has 0 aromatic carbocycles. The van der Waals surface area contributed by atoms with Crippen molar-refractivity contribution in [3.8, 4) is 0 Å². The summed E-state index contributed by atoms with van der Waals surface area (Å²) in [6, 6.07) is 0. The largest absolute Gasteiger partial charge is 3.00 e. The first kappa shape index (κ1) is 194. The monoisotopic (exact) mass is 2360 g/mol. The van der Waals surface area contributed by atoms with Crippen LogP contribution in [0.2, 0.25) is 0 Å². The van der Waals surface area contributed by atoms with Gasteiger partial charge in [-0.1, -0.05) is 0 Å². The molecule has 0 amide bonds. The van der Waals surface area contributed by atoms with Gasteiger partial charge in [-0.15, -0.1) is 0 Å². The Morgan fingerprint density at radius 3 is 0.213 bits per heavy atom. The summed E-state index contributed by atoms with van der Waals surface area (Å²) in [6.45, 7) is 0. The second kappa shape index (κ2) is 183. The van der Waals surface area contributed by atoms with Gasteiger partial charge in [0.2, 0.25) is 0 Å². The molecule has 0 aliphatic heterocycles. The number of hydrogen-bond donors (Lipinski definition) is 0. The Bertz CT molecular complexity index is 362. The van der Waals surface area contributed by atoms with Crippen molar-refractivity contribution in [1.29, 1.82) is 0 Å². The van der Waals surface area contributed by atoms with E-state index in [0.29, 0.717) is 0 Å². The van der Waals surface area contributed by atoms with Gasteiger partial charge >= 0.3 is 365 Å². The maximum Gasteiger partial charge on any atom is 3.00 e. The van der Waals surface area contributed by atoms with Crippen molar-refractivity contribution in [2.45, 2.75) is 0 Å². The molecule has 0 saturated carbocycles. The molecule has 0 atom stereocenters. The summed E-state index contributed by atoms with van der Waals surface area (Å²) in [5, 5.41) is 117. The average molecular weight is 2360 g/mol. The first-order chi connectivity index (χ1) is 12.1. The van der Waals surface area contributed by atoms with E-state index in [1.165, 1.54) is 0 Å². The predicted octanol–water partition coefficient (Wildman–Crippen LogP) is -22.5. The van der Waals surface area contributed by atoms with Gasteiger partial charge in [-0.25, -0.2) is 0 Å². The summed E-state index contributed by atoms with van der Waals surface area (Å²) in [7, 11) is 0. The molecule has 0 heterocycles. The number of carbonyl (C=O) groups is 7. The van der Waals surface area contributed by atoms with Gasteiger partial charge in [0.15, 0.2) is 0 Å². The van der Waals surface area contributed by atoms with E-state index >= 15 is 0 Å². The van der Waals surface area contributed by atoms with Crippen molar-refractivity contribution in [3.05, 3.63) is 0 Å². The molecule has 0 saturated heterocycles. The van der Waals surface area contributed by atoms with Crippen LogP contribution < -0.4 is 71.5 Å². The summed E-state index contributed by atoms with van der Waals surface area (Å²) in [5.41, 5.74) is 0.